The van der Waals surface area contributed by atoms with E-state index in [0.717, 1.165) is 47.5 Å². The number of amides is 1. The van der Waals surface area contributed by atoms with Gasteiger partial charge in [-0.3, -0.25) is 9.69 Å². The Labute approximate surface area is 153 Å². The molecule has 1 aliphatic heterocycles. The molecule has 3 rings (SSSR count). The van der Waals surface area contributed by atoms with E-state index in [4.69, 9.17) is 4.74 Å². The van der Waals surface area contributed by atoms with Gasteiger partial charge in [-0.1, -0.05) is 12.1 Å². The van der Waals surface area contributed by atoms with E-state index in [2.05, 4.69) is 28.9 Å². The number of hydrogen-bond donors (Lipinski definition) is 0. The van der Waals surface area contributed by atoms with Crippen molar-refractivity contribution in [3.8, 4) is 5.75 Å². The van der Waals surface area contributed by atoms with Crippen molar-refractivity contribution in [2.75, 3.05) is 26.7 Å². The lowest BCUT2D eigenvalue weighted by molar-refractivity contribution is 0.0479. The third kappa shape index (κ3) is 4.02. The van der Waals surface area contributed by atoms with Crippen molar-refractivity contribution in [1.29, 1.82) is 0 Å². The summed E-state index contributed by atoms with van der Waals surface area (Å²) in [6.45, 7) is 9.37. The minimum absolute atomic E-state index is 0.122. The molecule has 5 nitrogen and oxygen atoms in total. The predicted molar refractivity (Wildman–Crippen MR) is 100 cm³/mol. The van der Waals surface area contributed by atoms with Crippen LogP contribution >= 0.6 is 11.3 Å². The molecule has 1 aromatic heterocycles. The molecule has 2 heterocycles. The van der Waals surface area contributed by atoms with Crippen LogP contribution in [0, 0.1) is 13.8 Å². The lowest BCUT2D eigenvalue weighted by Gasteiger charge is -2.39. The van der Waals surface area contributed by atoms with Crippen LogP contribution < -0.4 is 4.74 Å². The highest BCUT2D eigenvalue weighted by molar-refractivity contribution is 7.13. The van der Waals surface area contributed by atoms with Crippen molar-refractivity contribution in [2.45, 2.75) is 33.4 Å². The number of methoxy groups -OCH3 is 1. The molecule has 0 spiro atoms. The lowest BCUT2D eigenvalue weighted by Crippen LogP contribution is -2.53. The number of carbonyl (C=O) groups excluding carboxylic acids is 1. The van der Waals surface area contributed by atoms with Gasteiger partial charge in [0, 0.05) is 32.2 Å². The van der Waals surface area contributed by atoms with Gasteiger partial charge in [0.15, 0.2) is 0 Å². The highest BCUT2D eigenvalue weighted by Gasteiger charge is 2.30. The molecule has 0 aliphatic carbocycles. The van der Waals surface area contributed by atoms with Crippen LogP contribution in [0.4, 0.5) is 0 Å². The van der Waals surface area contributed by atoms with Crippen molar-refractivity contribution in [3.05, 3.63) is 45.4 Å². The highest BCUT2D eigenvalue weighted by atomic mass is 32.1. The summed E-state index contributed by atoms with van der Waals surface area (Å²) in [5.41, 5.74) is 2.08. The average Bonchev–Trinajstić information content (AvgIpc) is 2.93. The van der Waals surface area contributed by atoms with E-state index in [1.807, 2.05) is 30.9 Å². The van der Waals surface area contributed by atoms with E-state index in [1.165, 1.54) is 16.9 Å². The molecule has 0 bridgehead atoms. The largest absolute Gasteiger partial charge is 0.497 e. The summed E-state index contributed by atoms with van der Waals surface area (Å²) < 4.78 is 5.30. The van der Waals surface area contributed by atoms with Gasteiger partial charge in [-0.25, -0.2) is 4.98 Å². The molecule has 25 heavy (non-hydrogen) atoms. The number of nitrogens with zero attached hydrogens (tertiary/aromatic N) is 3. The van der Waals surface area contributed by atoms with Crippen LogP contribution in [0.15, 0.2) is 24.3 Å². The molecule has 0 N–H and O–H groups in total. The molecule has 1 fully saturated rings. The van der Waals surface area contributed by atoms with Gasteiger partial charge in [-0.15, -0.1) is 11.3 Å². The maximum absolute atomic E-state index is 12.9. The van der Waals surface area contributed by atoms with Gasteiger partial charge in [0.05, 0.1) is 17.8 Å². The number of rotatable bonds is 4. The number of piperazine rings is 1. The van der Waals surface area contributed by atoms with Crippen molar-refractivity contribution in [2.24, 2.45) is 0 Å². The number of hydrogen-bond acceptors (Lipinski definition) is 5. The molecular weight excluding hydrogens is 334 g/mol. The second-order valence-electron chi connectivity index (χ2n) is 6.58. The summed E-state index contributed by atoms with van der Waals surface area (Å²) in [6, 6.07) is 8.36. The Hall–Kier alpha value is -1.92. The van der Waals surface area contributed by atoms with Gasteiger partial charge in [0.2, 0.25) is 0 Å². The van der Waals surface area contributed by atoms with Gasteiger partial charge in [0.25, 0.3) is 5.91 Å². The topological polar surface area (TPSA) is 45.7 Å². The van der Waals surface area contributed by atoms with Gasteiger partial charge in [-0.2, -0.15) is 0 Å². The zero-order valence-electron chi connectivity index (χ0n) is 15.3. The molecule has 134 valence electrons. The first-order valence-corrected chi connectivity index (χ1v) is 9.40. The molecule has 6 heteroatoms. The number of thiazole rings is 1. The van der Waals surface area contributed by atoms with Crippen LogP contribution in [0.1, 0.15) is 32.9 Å². The zero-order chi connectivity index (χ0) is 18.0. The van der Waals surface area contributed by atoms with Crippen molar-refractivity contribution in [1.82, 2.24) is 14.8 Å². The quantitative estimate of drug-likeness (QED) is 0.841. The first-order valence-electron chi connectivity index (χ1n) is 8.58. The standard InChI is InChI=1S/C19H25N3O2S/c1-13-11-21(12-16-6-5-7-17(10-16)24-4)8-9-22(13)19(23)18-14(2)20-15(3)25-18/h5-7,10,13H,8-9,11-12H2,1-4H3/t13-/m0/s1. The molecular formula is C19H25N3O2S. The summed E-state index contributed by atoms with van der Waals surface area (Å²) in [5, 5.41) is 0.949. The Kier molecular flexibility index (Phi) is 5.39. The Balaban J connectivity index is 1.64. The number of carbonyl (C=O) groups is 1. The summed E-state index contributed by atoms with van der Waals surface area (Å²) in [7, 11) is 1.69. The van der Waals surface area contributed by atoms with Crippen molar-refractivity contribution in [3.63, 3.8) is 0 Å². The maximum atomic E-state index is 12.9. The summed E-state index contributed by atoms with van der Waals surface area (Å²) >= 11 is 1.50. The smallest absolute Gasteiger partial charge is 0.266 e. The minimum atomic E-state index is 0.122. The van der Waals surface area contributed by atoms with Gasteiger partial charge >= 0.3 is 0 Å². The van der Waals surface area contributed by atoms with E-state index in [9.17, 15) is 4.79 Å². The molecule has 1 aromatic carbocycles. The molecule has 0 unspecified atom stereocenters. The van der Waals surface area contributed by atoms with Crippen LogP contribution in [0.5, 0.6) is 5.75 Å². The fourth-order valence-corrected chi connectivity index (χ4v) is 4.24. The number of aromatic nitrogens is 1. The Morgan fingerprint density at radius 2 is 2.16 bits per heavy atom. The second kappa shape index (κ2) is 7.54. The summed E-state index contributed by atoms with van der Waals surface area (Å²) in [6.07, 6.45) is 0. The van der Waals surface area contributed by atoms with Crippen LogP contribution in [-0.4, -0.2) is 53.5 Å². The fraction of sp³-hybridized carbons (Fsp3) is 0.474. The lowest BCUT2D eigenvalue weighted by atomic mass is 10.1. The Morgan fingerprint density at radius 1 is 1.36 bits per heavy atom. The van der Waals surface area contributed by atoms with Crippen LogP contribution in [0.2, 0.25) is 0 Å². The number of benzene rings is 1. The van der Waals surface area contributed by atoms with Gasteiger partial charge < -0.3 is 9.64 Å². The molecule has 1 atom stereocenters. The van der Waals surface area contributed by atoms with Gasteiger partial charge in [-0.05, 0) is 38.5 Å². The first kappa shape index (κ1) is 17.9. The van der Waals surface area contributed by atoms with Crippen LogP contribution in [0.25, 0.3) is 0 Å². The number of aryl methyl sites for hydroxylation is 2. The first-order chi connectivity index (χ1) is 12.0. The molecule has 1 saturated heterocycles. The van der Waals surface area contributed by atoms with Crippen molar-refractivity contribution < 1.29 is 9.53 Å². The summed E-state index contributed by atoms with van der Waals surface area (Å²) in [5.74, 6) is 1.01. The molecule has 2 aromatic rings. The third-order valence-electron chi connectivity index (χ3n) is 4.61. The zero-order valence-corrected chi connectivity index (χ0v) is 16.1. The second-order valence-corrected chi connectivity index (χ2v) is 7.78. The van der Waals surface area contributed by atoms with Crippen LogP contribution in [0.3, 0.4) is 0 Å². The average molecular weight is 359 g/mol. The molecule has 0 radical (unpaired) electrons. The predicted octanol–water partition coefficient (Wildman–Crippen LogP) is 3.12. The fourth-order valence-electron chi connectivity index (χ4n) is 3.37. The SMILES string of the molecule is COc1cccc(CN2CCN(C(=O)c3sc(C)nc3C)[C@@H](C)C2)c1. The van der Waals surface area contributed by atoms with E-state index in [0.29, 0.717) is 0 Å². The van der Waals surface area contributed by atoms with Crippen LogP contribution in [-0.2, 0) is 6.54 Å². The Morgan fingerprint density at radius 3 is 2.80 bits per heavy atom. The van der Waals surface area contributed by atoms with Crippen molar-refractivity contribution >= 4 is 17.2 Å². The maximum Gasteiger partial charge on any atom is 0.266 e. The summed E-state index contributed by atoms with van der Waals surface area (Å²) in [4.78, 5) is 22.4. The third-order valence-corrected chi connectivity index (χ3v) is 5.67. The Bertz CT molecular complexity index is 759. The van der Waals surface area contributed by atoms with Gasteiger partial charge in [0.1, 0.15) is 10.6 Å². The minimum Gasteiger partial charge on any atom is -0.497 e. The van der Waals surface area contributed by atoms with E-state index < -0.39 is 0 Å². The number of ether oxygens (including phenoxy) is 1. The molecule has 1 amide bonds. The van der Waals surface area contributed by atoms with E-state index in [-0.39, 0.29) is 11.9 Å². The normalized spacial score (nSPS) is 18.4. The van der Waals surface area contributed by atoms with E-state index >= 15 is 0 Å². The highest BCUT2D eigenvalue weighted by Crippen LogP contribution is 2.23. The molecule has 1 aliphatic rings. The molecule has 0 saturated carbocycles. The monoisotopic (exact) mass is 359 g/mol. The van der Waals surface area contributed by atoms with E-state index in [1.54, 1.807) is 7.11 Å².